The lowest BCUT2D eigenvalue weighted by molar-refractivity contribution is 0.0958. The zero-order valence-corrected chi connectivity index (χ0v) is 10.3. The monoisotopic (exact) mass is 247 g/mol. The Hall–Kier alpha value is -1.75. The molecule has 0 radical (unpaired) electrons. The smallest absolute Gasteiger partial charge is 0.261 e. The molecule has 0 aromatic carbocycles. The Morgan fingerprint density at radius 2 is 2.18 bits per heavy atom. The fourth-order valence-electron chi connectivity index (χ4n) is 1.42. The number of amides is 1. The van der Waals surface area contributed by atoms with Crippen molar-refractivity contribution in [2.75, 3.05) is 6.54 Å². The molecule has 1 N–H and O–H groups in total. The van der Waals surface area contributed by atoms with E-state index in [0.29, 0.717) is 6.54 Å². The summed E-state index contributed by atoms with van der Waals surface area (Å²) in [5.41, 5.74) is 2.15. The van der Waals surface area contributed by atoms with Crippen LogP contribution in [0.25, 0.3) is 0 Å². The molecule has 0 spiro atoms. The molecule has 0 atom stereocenters. The normalized spacial score (nSPS) is 10.2. The van der Waals surface area contributed by atoms with Gasteiger partial charge >= 0.3 is 0 Å². The summed E-state index contributed by atoms with van der Waals surface area (Å²) in [6.07, 6.45) is 5.76. The molecule has 2 heterocycles. The van der Waals surface area contributed by atoms with Gasteiger partial charge in [0, 0.05) is 18.9 Å². The lowest BCUT2D eigenvalue weighted by Crippen LogP contribution is -2.24. The zero-order valence-electron chi connectivity index (χ0n) is 9.51. The van der Waals surface area contributed by atoms with Gasteiger partial charge in [-0.2, -0.15) is 0 Å². The van der Waals surface area contributed by atoms with Gasteiger partial charge in [-0.05, 0) is 35.9 Å². The summed E-state index contributed by atoms with van der Waals surface area (Å²) < 4.78 is 0. The van der Waals surface area contributed by atoms with Gasteiger partial charge in [0.05, 0.1) is 4.88 Å². The summed E-state index contributed by atoms with van der Waals surface area (Å²) in [6.45, 7) is 2.58. The summed E-state index contributed by atoms with van der Waals surface area (Å²) in [5.74, 6) is -0.0139. The molecule has 5 heteroatoms. The van der Waals surface area contributed by atoms with E-state index < -0.39 is 0 Å². The van der Waals surface area contributed by atoms with Crippen LogP contribution in [0.2, 0.25) is 0 Å². The Bertz CT molecular complexity index is 495. The minimum atomic E-state index is -0.0139. The van der Waals surface area contributed by atoms with Gasteiger partial charge in [0.15, 0.2) is 0 Å². The van der Waals surface area contributed by atoms with Gasteiger partial charge in [-0.1, -0.05) is 0 Å². The van der Waals surface area contributed by atoms with E-state index in [1.54, 1.807) is 12.4 Å². The molecule has 2 aromatic heterocycles. The molecular weight excluding hydrogens is 234 g/mol. The molecule has 0 bridgehead atoms. The number of thiophene rings is 1. The number of nitrogens with zero attached hydrogens (tertiary/aromatic N) is 2. The first-order valence-corrected chi connectivity index (χ1v) is 6.21. The van der Waals surface area contributed by atoms with Crippen LogP contribution in [-0.4, -0.2) is 22.4 Å². The van der Waals surface area contributed by atoms with Crippen LogP contribution in [0.3, 0.4) is 0 Å². The predicted octanol–water partition coefficient (Wildman–Crippen LogP) is 1.82. The SMILES string of the molecule is Cc1csc(C(=O)NCCc2cncnc2)c1. The molecule has 0 unspecified atom stereocenters. The Balaban J connectivity index is 1.81. The highest BCUT2D eigenvalue weighted by molar-refractivity contribution is 7.12. The van der Waals surface area contributed by atoms with Crippen LogP contribution in [0.1, 0.15) is 20.8 Å². The average Bonchev–Trinajstić information content (AvgIpc) is 2.77. The molecule has 1 amide bonds. The van der Waals surface area contributed by atoms with Gasteiger partial charge < -0.3 is 5.32 Å². The van der Waals surface area contributed by atoms with Gasteiger partial charge in [-0.25, -0.2) is 9.97 Å². The number of aryl methyl sites for hydroxylation is 1. The second kappa shape index (κ2) is 5.54. The van der Waals surface area contributed by atoms with Crippen LogP contribution in [-0.2, 0) is 6.42 Å². The van der Waals surface area contributed by atoms with Gasteiger partial charge in [0.25, 0.3) is 5.91 Å². The summed E-state index contributed by atoms with van der Waals surface area (Å²) >= 11 is 1.47. The van der Waals surface area contributed by atoms with Crippen LogP contribution < -0.4 is 5.32 Å². The minimum absolute atomic E-state index is 0.0139. The highest BCUT2D eigenvalue weighted by Gasteiger charge is 2.06. The maximum atomic E-state index is 11.7. The van der Waals surface area contributed by atoms with Gasteiger partial charge in [-0.15, -0.1) is 11.3 Å². The maximum absolute atomic E-state index is 11.7. The maximum Gasteiger partial charge on any atom is 0.261 e. The van der Waals surface area contributed by atoms with Gasteiger partial charge in [0.1, 0.15) is 6.33 Å². The third-order valence-electron chi connectivity index (χ3n) is 2.27. The summed E-state index contributed by atoms with van der Waals surface area (Å²) in [6, 6.07) is 1.89. The first-order chi connectivity index (χ1) is 8.25. The van der Waals surface area contributed by atoms with Crippen molar-refractivity contribution < 1.29 is 4.79 Å². The van der Waals surface area contributed by atoms with Crippen molar-refractivity contribution in [1.82, 2.24) is 15.3 Å². The third kappa shape index (κ3) is 3.35. The molecule has 0 aliphatic heterocycles. The fraction of sp³-hybridized carbons (Fsp3) is 0.250. The van der Waals surface area contributed by atoms with E-state index in [4.69, 9.17) is 0 Å². The van der Waals surface area contributed by atoms with Crippen molar-refractivity contribution in [1.29, 1.82) is 0 Å². The van der Waals surface area contributed by atoms with E-state index in [2.05, 4.69) is 15.3 Å². The van der Waals surface area contributed by atoms with Crippen molar-refractivity contribution in [3.63, 3.8) is 0 Å². The molecule has 0 fully saturated rings. The van der Waals surface area contributed by atoms with Crippen LogP contribution in [0, 0.1) is 6.92 Å². The van der Waals surface area contributed by atoms with Gasteiger partial charge in [0.2, 0.25) is 0 Å². The van der Waals surface area contributed by atoms with E-state index in [1.165, 1.54) is 17.7 Å². The highest BCUT2D eigenvalue weighted by atomic mass is 32.1. The zero-order chi connectivity index (χ0) is 12.1. The van der Waals surface area contributed by atoms with Crippen LogP contribution in [0.4, 0.5) is 0 Å². The molecule has 0 aliphatic carbocycles. The van der Waals surface area contributed by atoms with E-state index in [1.807, 2.05) is 18.4 Å². The summed E-state index contributed by atoms with van der Waals surface area (Å²) in [7, 11) is 0. The predicted molar refractivity (Wildman–Crippen MR) is 67.1 cm³/mol. The largest absolute Gasteiger partial charge is 0.351 e. The van der Waals surface area contributed by atoms with Crippen molar-refractivity contribution in [3.8, 4) is 0 Å². The molecule has 0 saturated carbocycles. The number of aromatic nitrogens is 2. The number of rotatable bonds is 4. The number of nitrogens with one attached hydrogen (secondary N) is 1. The van der Waals surface area contributed by atoms with Crippen molar-refractivity contribution >= 4 is 17.2 Å². The van der Waals surface area contributed by atoms with Crippen LogP contribution in [0.5, 0.6) is 0 Å². The first kappa shape index (κ1) is 11.7. The standard InChI is InChI=1S/C12H13N3OS/c1-9-4-11(17-7-9)12(16)15-3-2-10-5-13-8-14-6-10/h4-8H,2-3H2,1H3,(H,15,16). The van der Waals surface area contributed by atoms with Gasteiger partial charge in [-0.3, -0.25) is 4.79 Å². The number of hydrogen-bond donors (Lipinski definition) is 1. The average molecular weight is 247 g/mol. The van der Waals surface area contributed by atoms with E-state index in [0.717, 1.165) is 22.4 Å². The van der Waals surface area contributed by atoms with Crippen molar-refractivity contribution in [3.05, 3.63) is 46.2 Å². The van der Waals surface area contributed by atoms with E-state index >= 15 is 0 Å². The number of carbonyl (C=O) groups is 1. The Kier molecular flexibility index (Phi) is 3.82. The topological polar surface area (TPSA) is 54.9 Å². The van der Waals surface area contributed by atoms with Crippen LogP contribution in [0.15, 0.2) is 30.2 Å². The highest BCUT2D eigenvalue weighted by Crippen LogP contribution is 2.13. The summed E-state index contributed by atoms with van der Waals surface area (Å²) in [4.78, 5) is 20.3. The molecule has 17 heavy (non-hydrogen) atoms. The first-order valence-electron chi connectivity index (χ1n) is 5.33. The molecule has 88 valence electrons. The lowest BCUT2D eigenvalue weighted by Gasteiger charge is -2.02. The molecule has 2 rings (SSSR count). The third-order valence-corrected chi connectivity index (χ3v) is 3.31. The number of carbonyl (C=O) groups excluding carboxylic acids is 1. The molecule has 4 nitrogen and oxygen atoms in total. The number of hydrogen-bond acceptors (Lipinski definition) is 4. The second-order valence-electron chi connectivity index (χ2n) is 3.74. The Morgan fingerprint density at radius 1 is 1.41 bits per heavy atom. The van der Waals surface area contributed by atoms with Crippen LogP contribution >= 0.6 is 11.3 Å². The Morgan fingerprint density at radius 3 is 2.82 bits per heavy atom. The fourth-order valence-corrected chi connectivity index (χ4v) is 2.23. The molecule has 2 aromatic rings. The lowest BCUT2D eigenvalue weighted by atomic mass is 10.2. The summed E-state index contributed by atoms with van der Waals surface area (Å²) in [5, 5.41) is 4.85. The quantitative estimate of drug-likeness (QED) is 0.896. The molecular formula is C12H13N3OS. The molecule has 0 aliphatic rings. The molecule has 0 saturated heterocycles. The second-order valence-corrected chi connectivity index (χ2v) is 4.65. The van der Waals surface area contributed by atoms with E-state index in [9.17, 15) is 4.79 Å². The van der Waals surface area contributed by atoms with Crippen molar-refractivity contribution in [2.24, 2.45) is 0 Å². The minimum Gasteiger partial charge on any atom is -0.351 e. The van der Waals surface area contributed by atoms with Crippen molar-refractivity contribution in [2.45, 2.75) is 13.3 Å². The Labute approximate surface area is 104 Å². The van der Waals surface area contributed by atoms with E-state index in [-0.39, 0.29) is 5.91 Å².